The molecular formula is C16H22N6OS. The van der Waals surface area contributed by atoms with Crippen LogP contribution in [0.2, 0.25) is 0 Å². The molecule has 4 rings (SSSR count). The van der Waals surface area contributed by atoms with Crippen LogP contribution in [-0.4, -0.2) is 47.3 Å². The van der Waals surface area contributed by atoms with Crippen LogP contribution in [-0.2, 0) is 17.6 Å². The summed E-state index contributed by atoms with van der Waals surface area (Å²) in [4.78, 5) is 15.7. The molecule has 1 fully saturated rings. The van der Waals surface area contributed by atoms with Crippen molar-refractivity contribution in [2.45, 2.75) is 31.8 Å². The van der Waals surface area contributed by atoms with E-state index in [1.54, 1.807) is 11.3 Å². The molecule has 2 aliphatic heterocycles. The Morgan fingerprint density at radius 2 is 2.25 bits per heavy atom. The topological polar surface area (TPSA) is 89.2 Å². The first kappa shape index (κ1) is 15.6. The van der Waals surface area contributed by atoms with Crippen LogP contribution in [0.25, 0.3) is 0 Å². The van der Waals surface area contributed by atoms with Gasteiger partial charge in [0.1, 0.15) is 5.82 Å². The van der Waals surface area contributed by atoms with E-state index in [-0.39, 0.29) is 6.10 Å². The monoisotopic (exact) mass is 346 g/mol. The number of aromatic nitrogens is 3. The van der Waals surface area contributed by atoms with Gasteiger partial charge in [-0.15, -0.1) is 11.3 Å². The van der Waals surface area contributed by atoms with E-state index in [4.69, 9.17) is 10.5 Å². The third-order valence-electron chi connectivity index (χ3n) is 4.57. The Kier molecular flexibility index (Phi) is 4.48. The second kappa shape index (κ2) is 6.90. The van der Waals surface area contributed by atoms with Crippen LogP contribution >= 0.6 is 11.3 Å². The first-order valence-electron chi connectivity index (χ1n) is 8.45. The molecule has 0 spiro atoms. The number of anilines is 3. The van der Waals surface area contributed by atoms with Gasteiger partial charge in [-0.3, -0.25) is 0 Å². The zero-order chi connectivity index (χ0) is 16.4. The van der Waals surface area contributed by atoms with Gasteiger partial charge < -0.3 is 20.7 Å². The van der Waals surface area contributed by atoms with Crippen LogP contribution < -0.4 is 16.0 Å². The minimum atomic E-state index is 0.273. The summed E-state index contributed by atoms with van der Waals surface area (Å²) >= 11 is 1.67. The largest absolute Gasteiger partial charge is 0.376 e. The lowest BCUT2D eigenvalue weighted by Crippen LogP contribution is -2.25. The average Bonchev–Trinajstić information content (AvgIpc) is 3.24. The summed E-state index contributed by atoms with van der Waals surface area (Å²) in [6, 6.07) is 0. The highest BCUT2D eigenvalue weighted by molar-refractivity contribution is 7.13. The fraction of sp³-hybridized carbons (Fsp3) is 0.562. The fourth-order valence-electron chi connectivity index (χ4n) is 3.34. The lowest BCUT2D eigenvalue weighted by atomic mass is 10.1. The van der Waals surface area contributed by atoms with Gasteiger partial charge in [-0.05, 0) is 19.3 Å². The molecule has 0 radical (unpaired) electrons. The molecule has 2 aliphatic rings. The average molecular weight is 346 g/mol. The Hall–Kier alpha value is -1.93. The number of thiazole rings is 1. The maximum Gasteiger partial charge on any atom is 0.222 e. The van der Waals surface area contributed by atoms with Crippen molar-refractivity contribution in [1.29, 1.82) is 0 Å². The molecule has 0 aromatic carbocycles. The van der Waals surface area contributed by atoms with E-state index in [1.165, 1.54) is 5.56 Å². The zero-order valence-electron chi connectivity index (χ0n) is 13.6. The van der Waals surface area contributed by atoms with E-state index in [2.05, 4.69) is 25.2 Å². The minimum Gasteiger partial charge on any atom is -0.376 e. The SMILES string of the molecule is Nc1nc2c(c(NCC3CCCO3)n1)CCN(c1nccs1)CC2. The van der Waals surface area contributed by atoms with Gasteiger partial charge in [0.15, 0.2) is 5.13 Å². The molecule has 0 saturated carbocycles. The van der Waals surface area contributed by atoms with E-state index >= 15 is 0 Å². The molecule has 7 nitrogen and oxygen atoms in total. The van der Waals surface area contributed by atoms with Crippen molar-refractivity contribution in [3.63, 3.8) is 0 Å². The number of rotatable bonds is 4. The number of hydrogen-bond acceptors (Lipinski definition) is 8. The Bertz CT molecular complexity index is 686. The summed E-state index contributed by atoms with van der Waals surface area (Å²) in [5.41, 5.74) is 8.16. The van der Waals surface area contributed by atoms with Crippen molar-refractivity contribution in [2.75, 3.05) is 42.2 Å². The predicted molar refractivity (Wildman–Crippen MR) is 95.6 cm³/mol. The second-order valence-electron chi connectivity index (χ2n) is 6.17. The number of ether oxygens (including phenoxy) is 1. The van der Waals surface area contributed by atoms with E-state index < -0.39 is 0 Å². The van der Waals surface area contributed by atoms with Gasteiger partial charge in [0.2, 0.25) is 5.95 Å². The van der Waals surface area contributed by atoms with Crippen molar-refractivity contribution < 1.29 is 4.74 Å². The fourth-order valence-corrected chi connectivity index (χ4v) is 4.04. The summed E-state index contributed by atoms with van der Waals surface area (Å²) in [7, 11) is 0. The normalized spacial score (nSPS) is 20.7. The van der Waals surface area contributed by atoms with Crippen LogP contribution in [0, 0.1) is 0 Å². The molecule has 2 aromatic heterocycles. The Morgan fingerprint density at radius 3 is 3.04 bits per heavy atom. The van der Waals surface area contributed by atoms with E-state index in [0.717, 1.165) is 68.6 Å². The quantitative estimate of drug-likeness (QED) is 0.871. The van der Waals surface area contributed by atoms with Crippen LogP contribution in [0.4, 0.5) is 16.9 Å². The lowest BCUT2D eigenvalue weighted by Gasteiger charge is -2.18. The smallest absolute Gasteiger partial charge is 0.222 e. The first-order chi connectivity index (χ1) is 11.8. The summed E-state index contributed by atoms with van der Waals surface area (Å²) in [5.74, 6) is 1.21. The second-order valence-corrected chi connectivity index (χ2v) is 7.05. The summed E-state index contributed by atoms with van der Waals surface area (Å²) in [6.45, 7) is 3.46. The van der Waals surface area contributed by atoms with Crippen molar-refractivity contribution in [3.05, 3.63) is 22.8 Å². The van der Waals surface area contributed by atoms with Crippen molar-refractivity contribution >= 4 is 28.2 Å². The first-order valence-corrected chi connectivity index (χ1v) is 9.33. The molecule has 2 aromatic rings. The van der Waals surface area contributed by atoms with Gasteiger partial charge in [0.25, 0.3) is 0 Å². The number of nitrogens with two attached hydrogens (primary N) is 1. The maximum atomic E-state index is 5.93. The third kappa shape index (κ3) is 3.29. The van der Waals surface area contributed by atoms with Crippen molar-refractivity contribution in [1.82, 2.24) is 15.0 Å². The number of nitrogens with one attached hydrogen (secondary N) is 1. The Labute approximate surface area is 145 Å². The van der Waals surface area contributed by atoms with Gasteiger partial charge >= 0.3 is 0 Å². The summed E-state index contributed by atoms with van der Waals surface area (Å²) < 4.78 is 5.69. The van der Waals surface area contributed by atoms with Crippen molar-refractivity contribution in [3.8, 4) is 0 Å². The zero-order valence-corrected chi connectivity index (χ0v) is 14.4. The predicted octanol–water partition coefficient (Wildman–Crippen LogP) is 1.71. The summed E-state index contributed by atoms with van der Waals surface area (Å²) in [6.07, 6.45) is 6.12. The standard InChI is InChI=1S/C16H22N6OS/c17-15-20-13-4-7-22(16-18-5-9-24-16)6-3-12(13)14(21-15)19-10-11-2-1-8-23-11/h5,9,11H,1-4,6-8,10H2,(H3,17,19,20,21). The molecule has 4 heterocycles. The van der Waals surface area contributed by atoms with Crippen LogP contribution in [0.5, 0.6) is 0 Å². The van der Waals surface area contributed by atoms with Crippen molar-refractivity contribution in [2.24, 2.45) is 0 Å². The lowest BCUT2D eigenvalue weighted by molar-refractivity contribution is 0.120. The molecule has 8 heteroatoms. The summed E-state index contributed by atoms with van der Waals surface area (Å²) in [5, 5.41) is 6.53. The van der Waals surface area contributed by atoms with Crippen LogP contribution in [0.3, 0.4) is 0 Å². The highest BCUT2D eigenvalue weighted by Gasteiger charge is 2.22. The van der Waals surface area contributed by atoms with Crippen LogP contribution in [0.15, 0.2) is 11.6 Å². The molecule has 128 valence electrons. The Morgan fingerprint density at radius 1 is 1.33 bits per heavy atom. The Balaban J connectivity index is 1.52. The molecule has 0 amide bonds. The maximum absolute atomic E-state index is 5.93. The number of fused-ring (bicyclic) bond motifs is 1. The van der Waals surface area contributed by atoms with Gasteiger partial charge in [-0.1, -0.05) is 0 Å². The van der Waals surface area contributed by atoms with E-state index in [9.17, 15) is 0 Å². The van der Waals surface area contributed by atoms with Gasteiger partial charge in [-0.25, -0.2) is 9.97 Å². The highest BCUT2D eigenvalue weighted by atomic mass is 32.1. The molecule has 1 atom stereocenters. The highest BCUT2D eigenvalue weighted by Crippen LogP contribution is 2.26. The van der Waals surface area contributed by atoms with Gasteiger partial charge in [-0.2, -0.15) is 4.98 Å². The minimum absolute atomic E-state index is 0.273. The van der Waals surface area contributed by atoms with Crippen LogP contribution in [0.1, 0.15) is 24.1 Å². The van der Waals surface area contributed by atoms with Gasteiger partial charge in [0, 0.05) is 49.8 Å². The molecule has 3 N–H and O–H groups in total. The molecular weight excluding hydrogens is 324 g/mol. The molecule has 1 unspecified atom stereocenters. The molecule has 0 aliphatic carbocycles. The number of nitrogens with zero attached hydrogens (tertiary/aromatic N) is 4. The van der Waals surface area contributed by atoms with E-state index in [0.29, 0.717) is 5.95 Å². The molecule has 1 saturated heterocycles. The number of nitrogen functional groups attached to an aromatic ring is 1. The third-order valence-corrected chi connectivity index (χ3v) is 5.40. The van der Waals surface area contributed by atoms with E-state index in [1.807, 2.05) is 11.6 Å². The number of hydrogen-bond donors (Lipinski definition) is 2. The van der Waals surface area contributed by atoms with Gasteiger partial charge in [0.05, 0.1) is 11.8 Å². The molecule has 0 bridgehead atoms. The molecule has 24 heavy (non-hydrogen) atoms.